The van der Waals surface area contributed by atoms with Gasteiger partial charge in [0.25, 0.3) is 0 Å². The Kier molecular flexibility index (Phi) is 6.98. The highest BCUT2D eigenvalue weighted by atomic mass is 14.9. The second-order valence-electron chi connectivity index (χ2n) is 2.21. The van der Waals surface area contributed by atoms with Crippen LogP contribution >= 0.6 is 0 Å². The topological polar surface area (TPSA) is 24.9 Å². The van der Waals surface area contributed by atoms with Crippen LogP contribution in [0.5, 0.6) is 0 Å². The van der Waals surface area contributed by atoms with Crippen LogP contribution in [0.15, 0.2) is 18.5 Å². The molecule has 0 amide bonds. The minimum absolute atomic E-state index is 1.07. The lowest BCUT2D eigenvalue weighted by atomic mass is 10.2. The first-order chi connectivity index (χ1) is 6.47. The van der Waals surface area contributed by atoms with Crippen molar-refractivity contribution in [3.63, 3.8) is 0 Å². The highest BCUT2D eigenvalue weighted by Crippen LogP contribution is 2.18. The molecule has 1 aromatic rings. The average molecular weight is 180 g/mol. The van der Waals surface area contributed by atoms with E-state index < -0.39 is 0 Å². The van der Waals surface area contributed by atoms with Crippen molar-refractivity contribution in [3.8, 4) is 0 Å². The van der Waals surface area contributed by atoms with E-state index in [1.54, 1.807) is 0 Å². The maximum atomic E-state index is 3.99. The minimum atomic E-state index is 1.07. The summed E-state index contributed by atoms with van der Waals surface area (Å²) in [6.45, 7) is 9.07. The van der Waals surface area contributed by atoms with Gasteiger partial charge in [-0.05, 0) is 18.1 Å². The molecule has 74 valence electrons. The molecule has 1 aromatic heterocycles. The summed E-state index contributed by atoms with van der Waals surface area (Å²) >= 11 is 0. The Morgan fingerprint density at radius 2 is 1.92 bits per heavy atom. The second-order valence-corrected chi connectivity index (χ2v) is 2.21. The molecule has 1 aliphatic heterocycles. The molecular weight excluding hydrogens is 160 g/mol. The fourth-order valence-corrected chi connectivity index (χ4v) is 1.13. The number of nitrogens with zero attached hydrogens (tertiary/aromatic N) is 1. The predicted molar refractivity (Wildman–Crippen MR) is 59.1 cm³/mol. The van der Waals surface area contributed by atoms with E-state index in [-0.39, 0.29) is 0 Å². The van der Waals surface area contributed by atoms with Crippen LogP contribution in [-0.4, -0.2) is 11.5 Å². The lowest BCUT2D eigenvalue weighted by Crippen LogP contribution is -1.90. The van der Waals surface area contributed by atoms with Crippen LogP contribution in [0.25, 0.3) is 0 Å². The van der Waals surface area contributed by atoms with E-state index in [0.29, 0.717) is 0 Å². The van der Waals surface area contributed by atoms with Crippen LogP contribution < -0.4 is 5.32 Å². The Labute approximate surface area is 81.4 Å². The number of anilines is 1. The number of fused-ring (bicyclic) bond motifs is 1. The Bertz CT molecular complexity index is 198. The molecule has 0 saturated carbocycles. The zero-order chi connectivity index (χ0) is 10.1. The van der Waals surface area contributed by atoms with Gasteiger partial charge in [-0.1, -0.05) is 27.7 Å². The van der Waals surface area contributed by atoms with Crippen LogP contribution in [-0.2, 0) is 6.42 Å². The highest BCUT2D eigenvalue weighted by molar-refractivity contribution is 5.52. The zero-order valence-electron chi connectivity index (χ0n) is 9.09. The SMILES string of the molecule is CC.CC.c1cc2c(cn1)NCC2. The first-order valence-electron chi connectivity index (χ1n) is 5.13. The summed E-state index contributed by atoms with van der Waals surface area (Å²) in [5.74, 6) is 0. The van der Waals surface area contributed by atoms with Crippen LogP contribution in [0.3, 0.4) is 0 Å². The van der Waals surface area contributed by atoms with Crippen molar-refractivity contribution in [1.29, 1.82) is 0 Å². The Hall–Kier alpha value is -1.05. The summed E-state index contributed by atoms with van der Waals surface area (Å²) < 4.78 is 0. The van der Waals surface area contributed by atoms with Gasteiger partial charge in [-0.25, -0.2) is 0 Å². The van der Waals surface area contributed by atoms with E-state index in [9.17, 15) is 0 Å². The van der Waals surface area contributed by atoms with Gasteiger partial charge in [-0.2, -0.15) is 0 Å². The quantitative estimate of drug-likeness (QED) is 0.663. The third-order valence-corrected chi connectivity index (χ3v) is 1.62. The maximum Gasteiger partial charge on any atom is 0.0560 e. The molecule has 0 spiro atoms. The van der Waals surface area contributed by atoms with Gasteiger partial charge >= 0.3 is 0 Å². The van der Waals surface area contributed by atoms with Gasteiger partial charge in [0.1, 0.15) is 0 Å². The molecule has 0 unspecified atom stereocenters. The largest absolute Gasteiger partial charge is 0.383 e. The number of hydrogen-bond donors (Lipinski definition) is 1. The first-order valence-corrected chi connectivity index (χ1v) is 5.13. The summed E-state index contributed by atoms with van der Waals surface area (Å²) in [6.07, 6.45) is 4.87. The lowest BCUT2D eigenvalue weighted by molar-refractivity contribution is 1.10. The van der Waals surface area contributed by atoms with E-state index in [1.165, 1.54) is 11.3 Å². The van der Waals surface area contributed by atoms with Gasteiger partial charge in [0.15, 0.2) is 0 Å². The summed E-state index contributed by atoms with van der Waals surface area (Å²) in [4.78, 5) is 3.99. The van der Waals surface area contributed by atoms with Crippen molar-refractivity contribution in [2.45, 2.75) is 34.1 Å². The number of rotatable bonds is 0. The molecule has 0 radical (unpaired) electrons. The molecule has 1 aliphatic rings. The van der Waals surface area contributed by atoms with E-state index in [2.05, 4.69) is 16.4 Å². The van der Waals surface area contributed by atoms with E-state index in [0.717, 1.165) is 13.0 Å². The Morgan fingerprint density at radius 3 is 2.54 bits per heavy atom. The number of hydrogen-bond acceptors (Lipinski definition) is 2. The maximum absolute atomic E-state index is 3.99. The number of aromatic nitrogens is 1. The number of pyridine rings is 1. The van der Waals surface area contributed by atoms with Crippen molar-refractivity contribution in [2.24, 2.45) is 0 Å². The molecule has 0 aliphatic carbocycles. The molecule has 2 heteroatoms. The molecule has 2 nitrogen and oxygen atoms in total. The van der Waals surface area contributed by atoms with Crippen molar-refractivity contribution in [2.75, 3.05) is 11.9 Å². The van der Waals surface area contributed by atoms with Crippen LogP contribution in [0, 0.1) is 0 Å². The van der Waals surface area contributed by atoms with Crippen molar-refractivity contribution in [3.05, 3.63) is 24.0 Å². The van der Waals surface area contributed by atoms with Gasteiger partial charge in [-0.3, -0.25) is 4.98 Å². The zero-order valence-corrected chi connectivity index (χ0v) is 9.09. The average Bonchev–Trinajstić information content (AvgIpc) is 2.71. The van der Waals surface area contributed by atoms with Crippen molar-refractivity contribution >= 4 is 5.69 Å². The van der Waals surface area contributed by atoms with Crippen LogP contribution in [0.2, 0.25) is 0 Å². The minimum Gasteiger partial charge on any atom is -0.383 e. The molecule has 0 bridgehead atoms. The first kappa shape index (κ1) is 11.9. The van der Waals surface area contributed by atoms with Crippen molar-refractivity contribution in [1.82, 2.24) is 4.98 Å². The number of nitrogens with one attached hydrogen (secondary N) is 1. The van der Waals surface area contributed by atoms with Crippen LogP contribution in [0.4, 0.5) is 5.69 Å². The third-order valence-electron chi connectivity index (χ3n) is 1.62. The normalized spacial score (nSPS) is 11.1. The fraction of sp³-hybridized carbons (Fsp3) is 0.545. The van der Waals surface area contributed by atoms with E-state index >= 15 is 0 Å². The van der Waals surface area contributed by atoms with Crippen LogP contribution in [0.1, 0.15) is 33.3 Å². The molecule has 0 aromatic carbocycles. The highest BCUT2D eigenvalue weighted by Gasteiger charge is 2.06. The van der Waals surface area contributed by atoms with Gasteiger partial charge in [0.2, 0.25) is 0 Å². The van der Waals surface area contributed by atoms with E-state index in [1.807, 2.05) is 40.1 Å². The summed E-state index contributed by atoms with van der Waals surface area (Å²) in [7, 11) is 0. The molecule has 0 saturated heterocycles. The Balaban J connectivity index is 0.000000322. The predicted octanol–water partition coefficient (Wildman–Crippen LogP) is 3.10. The standard InChI is InChI=1S/C7H8N2.2C2H6/c1-3-8-5-7-6(1)2-4-9-7;2*1-2/h1,3,5,9H,2,4H2;2*1-2H3. The van der Waals surface area contributed by atoms with Gasteiger partial charge in [-0.15, -0.1) is 0 Å². The molecule has 2 heterocycles. The second kappa shape index (κ2) is 7.59. The van der Waals surface area contributed by atoms with E-state index in [4.69, 9.17) is 0 Å². The molecular formula is C11H20N2. The molecule has 1 N–H and O–H groups in total. The van der Waals surface area contributed by atoms with Crippen molar-refractivity contribution < 1.29 is 0 Å². The van der Waals surface area contributed by atoms with Gasteiger partial charge < -0.3 is 5.32 Å². The summed E-state index contributed by atoms with van der Waals surface area (Å²) in [5, 5.41) is 3.24. The summed E-state index contributed by atoms with van der Waals surface area (Å²) in [5.41, 5.74) is 2.60. The molecule has 13 heavy (non-hydrogen) atoms. The van der Waals surface area contributed by atoms with Gasteiger partial charge in [0.05, 0.1) is 11.9 Å². The third kappa shape index (κ3) is 3.45. The Morgan fingerprint density at radius 1 is 1.23 bits per heavy atom. The molecule has 0 atom stereocenters. The molecule has 0 fully saturated rings. The van der Waals surface area contributed by atoms with Gasteiger partial charge in [0, 0.05) is 12.7 Å². The smallest absolute Gasteiger partial charge is 0.0560 e. The fourth-order valence-electron chi connectivity index (χ4n) is 1.13. The summed E-state index contributed by atoms with van der Waals surface area (Å²) in [6, 6.07) is 2.06. The lowest BCUT2D eigenvalue weighted by Gasteiger charge is -1.93. The molecule has 2 rings (SSSR count). The monoisotopic (exact) mass is 180 g/mol.